The van der Waals surface area contributed by atoms with E-state index < -0.39 is 0 Å². The first-order valence-corrected chi connectivity index (χ1v) is 6.91. The summed E-state index contributed by atoms with van der Waals surface area (Å²) in [5.41, 5.74) is 3.08. The minimum Gasteiger partial charge on any atom is -0.504 e. The van der Waals surface area contributed by atoms with E-state index in [1.165, 1.54) is 5.56 Å². The van der Waals surface area contributed by atoms with Gasteiger partial charge < -0.3 is 15.0 Å². The van der Waals surface area contributed by atoms with Gasteiger partial charge in [-0.3, -0.25) is 0 Å². The minimum atomic E-state index is -0.0266. The molecule has 1 aliphatic carbocycles. The van der Waals surface area contributed by atoms with Crippen LogP contribution in [0.4, 0.5) is 0 Å². The number of unbranched alkanes of at least 4 members (excludes halogenated alkanes) is 3. The summed E-state index contributed by atoms with van der Waals surface area (Å²) in [5, 5.41) is 19.5. The van der Waals surface area contributed by atoms with Gasteiger partial charge >= 0.3 is 0 Å². The first-order chi connectivity index (χ1) is 9.24. The van der Waals surface area contributed by atoms with Crippen molar-refractivity contribution in [3.05, 3.63) is 28.8 Å². The van der Waals surface area contributed by atoms with Crippen LogP contribution in [0, 0.1) is 0 Å². The van der Waals surface area contributed by atoms with E-state index in [1.807, 2.05) is 6.08 Å². The third kappa shape index (κ3) is 3.16. The number of phenols is 2. The number of phenolic OH excluding ortho intramolecular Hbond substituents is 2. The molecule has 3 nitrogen and oxygen atoms in total. The van der Waals surface area contributed by atoms with Crippen molar-refractivity contribution >= 4 is 12.4 Å². The highest BCUT2D eigenvalue weighted by Crippen LogP contribution is 2.39. The second-order valence-corrected chi connectivity index (χ2v) is 5.00. The average Bonchev–Trinajstić information content (AvgIpc) is 2.89. The molecule has 0 spiro atoms. The number of carbonyl (C=O) groups is 1. The van der Waals surface area contributed by atoms with Gasteiger partial charge in [-0.1, -0.05) is 12.2 Å². The lowest BCUT2D eigenvalue weighted by atomic mass is 10.0. The molecule has 1 aromatic rings. The van der Waals surface area contributed by atoms with Crippen LogP contribution in [0.25, 0.3) is 6.08 Å². The smallest absolute Gasteiger partial charge is 0.160 e. The predicted octanol–water partition coefficient (Wildman–Crippen LogP) is 3.36. The molecule has 0 heterocycles. The lowest BCUT2D eigenvalue weighted by molar-refractivity contribution is -0.107. The van der Waals surface area contributed by atoms with Crippen LogP contribution in [-0.4, -0.2) is 16.5 Å². The number of fused-ring (bicyclic) bond motifs is 1. The van der Waals surface area contributed by atoms with Gasteiger partial charge in [-0.2, -0.15) is 0 Å². The molecule has 0 saturated heterocycles. The van der Waals surface area contributed by atoms with Crippen LogP contribution in [0.5, 0.6) is 11.5 Å². The van der Waals surface area contributed by atoms with Crippen molar-refractivity contribution in [3.8, 4) is 11.5 Å². The molecule has 19 heavy (non-hydrogen) atoms. The van der Waals surface area contributed by atoms with Crippen molar-refractivity contribution < 1.29 is 15.0 Å². The Labute approximate surface area is 113 Å². The number of carbonyl (C=O) groups excluding carboxylic acids is 1. The number of hydrogen-bond acceptors (Lipinski definition) is 3. The second-order valence-electron chi connectivity index (χ2n) is 5.00. The fraction of sp³-hybridized carbons (Fsp3) is 0.438. The summed E-state index contributed by atoms with van der Waals surface area (Å²) < 4.78 is 0. The van der Waals surface area contributed by atoms with Crippen LogP contribution in [0.1, 0.15) is 48.8 Å². The summed E-state index contributed by atoms with van der Waals surface area (Å²) in [6.07, 6.45) is 11.4. The molecule has 2 N–H and O–H groups in total. The van der Waals surface area contributed by atoms with E-state index in [9.17, 15) is 15.0 Å². The lowest BCUT2D eigenvalue weighted by Crippen LogP contribution is -1.89. The third-order valence-electron chi connectivity index (χ3n) is 3.63. The molecule has 2 rings (SSSR count). The largest absolute Gasteiger partial charge is 0.504 e. The molecule has 0 amide bonds. The standard InChI is InChI=1S/C16H20O3/c17-10-5-3-1-2-4-7-12-11-15(18)16(19)14-9-6-8-13(12)14/h4,7,10-11,18-19H,1-3,5-6,8-9H2. The first kappa shape index (κ1) is 13.7. The molecule has 1 aliphatic rings. The van der Waals surface area contributed by atoms with Crippen LogP contribution >= 0.6 is 0 Å². The highest BCUT2D eigenvalue weighted by atomic mass is 16.3. The summed E-state index contributed by atoms with van der Waals surface area (Å²) >= 11 is 0. The van der Waals surface area contributed by atoms with Crippen LogP contribution < -0.4 is 0 Å². The summed E-state index contributed by atoms with van der Waals surface area (Å²) in [7, 11) is 0. The fourth-order valence-electron chi connectivity index (χ4n) is 2.63. The molecule has 3 heteroatoms. The van der Waals surface area contributed by atoms with Crippen LogP contribution in [0.3, 0.4) is 0 Å². The molecular formula is C16H20O3. The van der Waals surface area contributed by atoms with Crippen molar-refractivity contribution in [1.82, 2.24) is 0 Å². The van der Waals surface area contributed by atoms with Gasteiger partial charge in [-0.05, 0) is 55.7 Å². The molecule has 0 unspecified atom stereocenters. The number of benzene rings is 1. The molecule has 0 bridgehead atoms. The van der Waals surface area contributed by atoms with E-state index >= 15 is 0 Å². The van der Waals surface area contributed by atoms with Gasteiger partial charge in [0.25, 0.3) is 0 Å². The lowest BCUT2D eigenvalue weighted by Gasteiger charge is -2.08. The summed E-state index contributed by atoms with van der Waals surface area (Å²) in [4.78, 5) is 10.2. The van der Waals surface area contributed by atoms with Gasteiger partial charge in [0, 0.05) is 12.0 Å². The highest BCUT2D eigenvalue weighted by Gasteiger charge is 2.20. The van der Waals surface area contributed by atoms with Crippen molar-refractivity contribution in [1.29, 1.82) is 0 Å². The van der Waals surface area contributed by atoms with Gasteiger partial charge in [-0.15, -0.1) is 0 Å². The topological polar surface area (TPSA) is 57.5 Å². The molecule has 1 aromatic carbocycles. The van der Waals surface area contributed by atoms with Crippen LogP contribution in [-0.2, 0) is 17.6 Å². The monoisotopic (exact) mass is 260 g/mol. The Bertz CT molecular complexity index is 489. The second kappa shape index (κ2) is 6.41. The zero-order valence-corrected chi connectivity index (χ0v) is 11.1. The van der Waals surface area contributed by atoms with Crippen molar-refractivity contribution in [2.75, 3.05) is 0 Å². The SMILES string of the molecule is O=CCCCCC=Cc1cc(O)c(O)c2c1CCC2. The van der Waals surface area contributed by atoms with Gasteiger partial charge in [-0.25, -0.2) is 0 Å². The Morgan fingerprint density at radius 2 is 1.84 bits per heavy atom. The number of aromatic hydroxyl groups is 2. The third-order valence-corrected chi connectivity index (χ3v) is 3.63. The van der Waals surface area contributed by atoms with E-state index in [0.717, 1.165) is 55.9 Å². The maximum Gasteiger partial charge on any atom is 0.160 e. The van der Waals surface area contributed by atoms with Crippen LogP contribution in [0.2, 0.25) is 0 Å². The van der Waals surface area contributed by atoms with Crippen molar-refractivity contribution in [3.63, 3.8) is 0 Å². The maximum absolute atomic E-state index is 10.2. The molecule has 0 saturated carbocycles. The fourth-order valence-corrected chi connectivity index (χ4v) is 2.63. The van der Waals surface area contributed by atoms with E-state index in [0.29, 0.717) is 6.42 Å². The number of allylic oxidation sites excluding steroid dienone is 1. The van der Waals surface area contributed by atoms with E-state index in [2.05, 4.69) is 6.08 Å². The normalized spacial score (nSPS) is 13.9. The molecule has 0 radical (unpaired) electrons. The predicted molar refractivity (Wildman–Crippen MR) is 75.4 cm³/mol. The Hall–Kier alpha value is -1.77. The Morgan fingerprint density at radius 3 is 2.63 bits per heavy atom. The molecule has 0 aromatic heterocycles. The number of aldehydes is 1. The van der Waals surface area contributed by atoms with E-state index in [4.69, 9.17) is 0 Å². The number of hydrogen-bond donors (Lipinski definition) is 2. The first-order valence-electron chi connectivity index (χ1n) is 6.91. The molecule has 0 fully saturated rings. The highest BCUT2D eigenvalue weighted by molar-refractivity contribution is 5.64. The quantitative estimate of drug-likeness (QED) is 0.468. The molecule has 0 atom stereocenters. The zero-order chi connectivity index (χ0) is 13.7. The summed E-state index contributed by atoms with van der Waals surface area (Å²) in [5.74, 6) is 0.0249. The van der Waals surface area contributed by atoms with Gasteiger partial charge in [0.2, 0.25) is 0 Å². The zero-order valence-electron chi connectivity index (χ0n) is 11.1. The van der Waals surface area contributed by atoms with Gasteiger partial charge in [0.05, 0.1) is 0 Å². The Kier molecular flexibility index (Phi) is 4.61. The Balaban J connectivity index is 2.05. The summed E-state index contributed by atoms with van der Waals surface area (Å²) in [6, 6.07) is 1.64. The van der Waals surface area contributed by atoms with Crippen molar-refractivity contribution in [2.24, 2.45) is 0 Å². The average molecular weight is 260 g/mol. The van der Waals surface area contributed by atoms with E-state index in [1.54, 1.807) is 6.07 Å². The Morgan fingerprint density at radius 1 is 1.11 bits per heavy atom. The molecular weight excluding hydrogens is 240 g/mol. The van der Waals surface area contributed by atoms with E-state index in [-0.39, 0.29) is 11.5 Å². The van der Waals surface area contributed by atoms with Gasteiger partial charge in [0.1, 0.15) is 6.29 Å². The maximum atomic E-state index is 10.2. The molecule has 0 aliphatic heterocycles. The summed E-state index contributed by atoms with van der Waals surface area (Å²) in [6.45, 7) is 0. The molecule has 102 valence electrons. The number of rotatable bonds is 6. The van der Waals surface area contributed by atoms with Crippen molar-refractivity contribution in [2.45, 2.75) is 44.9 Å². The minimum absolute atomic E-state index is 0.0266. The van der Waals surface area contributed by atoms with Gasteiger partial charge in [0.15, 0.2) is 11.5 Å². The van der Waals surface area contributed by atoms with Crippen LogP contribution in [0.15, 0.2) is 12.1 Å².